The summed E-state index contributed by atoms with van der Waals surface area (Å²) in [5.41, 5.74) is 4.42. The second kappa shape index (κ2) is 3.98. The van der Waals surface area contributed by atoms with Gasteiger partial charge in [0.15, 0.2) is 5.43 Å². The Morgan fingerprint density at radius 1 is 1.24 bits per heavy atom. The fourth-order valence-corrected chi connectivity index (χ4v) is 3.33. The van der Waals surface area contributed by atoms with Crippen LogP contribution in [0.15, 0.2) is 21.4 Å². The first-order valence-corrected chi connectivity index (χ1v) is 6.80. The number of fused-ring (bicyclic) bond motifs is 2. The van der Waals surface area contributed by atoms with Crippen LogP contribution in [-0.2, 0) is 12.8 Å². The maximum atomic E-state index is 12.4. The van der Waals surface area contributed by atoms with Crippen molar-refractivity contribution in [2.24, 2.45) is 0 Å². The van der Waals surface area contributed by atoms with Gasteiger partial charge in [-0.05, 0) is 66.2 Å². The van der Waals surface area contributed by atoms with Gasteiger partial charge in [0.1, 0.15) is 0 Å². The van der Waals surface area contributed by atoms with Crippen molar-refractivity contribution >= 4 is 26.8 Å². The van der Waals surface area contributed by atoms with E-state index in [1.54, 1.807) is 0 Å². The van der Waals surface area contributed by atoms with Gasteiger partial charge >= 0.3 is 0 Å². The molecule has 0 fully saturated rings. The third-order valence-corrected chi connectivity index (χ3v) is 4.12. The Morgan fingerprint density at radius 3 is 2.82 bits per heavy atom. The molecule has 0 saturated carbocycles. The Labute approximate surface area is 108 Å². The average Bonchev–Trinajstić information content (AvgIpc) is 2.31. The molecule has 1 aliphatic rings. The number of hydrogen-bond acceptors (Lipinski definition) is 1. The van der Waals surface area contributed by atoms with E-state index in [2.05, 4.69) is 20.9 Å². The third kappa shape index (κ3) is 1.73. The first-order valence-electron chi connectivity index (χ1n) is 6.00. The zero-order valence-corrected chi connectivity index (χ0v) is 11.4. The summed E-state index contributed by atoms with van der Waals surface area (Å²) in [4.78, 5) is 15.9. The van der Waals surface area contributed by atoms with Crippen LogP contribution in [0.2, 0.25) is 0 Å². The van der Waals surface area contributed by atoms with Crippen molar-refractivity contribution in [3.05, 3.63) is 43.6 Å². The lowest BCUT2D eigenvalue weighted by molar-refractivity contribution is 0.667. The molecule has 1 aromatic heterocycles. The van der Waals surface area contributed by atoms with Crippen LogP contribution in [-0.4, -0.2) is 4.98 Å². The Hall–Kier alpha value is -1.09. The molecule has 2 aromatic rings. The van der Waals surface area contributed by atoms with Crippen LogP contribution in [0.1, 0.15) is 29.7 Å². The monoisotopic (exact) mass is 291 g/mol. The fraction of sp³-hybridized carbons (Fsp3) is 0.357. The summed E-state index contributed by atoms with van der Waals surface area (Å²) in [7, 11) is 0. The van der Waals surface area contributed by atoms with Crippen LogP contribution in [0, 0.1) is 6.92 Å². The van der Waals surface area contributed by atoms with E-state index in [0.29, 0.717) is 0 Å². The molecule has 0 amide bonds. The number of aromatic nitrogens is 1. The Bertz CT molecular complexity index is 657. The van der Waals surface area contributed by atoms with Gasteiger partial charge in [0.25, 0.3) is 0 Å². The highest BCUT2D eigenvalue weighted by Gasteiger charge is 2.16. The molecule has 88 valence electrons. The van der Waals surface area contributed by atoms with Crippen LogP contribution >= 0.6 is 15.9 Å². The van der Waals surface area contributed by atoms with E-state index < -0.39 is 0 Å². The molecular weight excluding hydrogens is 278 g/mol. The van der Waals surface area contributed by atoms with Gasteiger partial charge in [-0.25, -0.2) is 0 Å². The van der Waals surface area contributed by atoms with Crippen LogP contribution in [0.4, 0.5) is 0 Å². The maximum absolute atomic E-state index is 12.4. The van der Waals surface area contributed by atoms with Crippen LogP contribution < -0.4 is 5.43 Å². The first-order chi connectivity index (χ1) is 8.16. The molecule has 1 N–H and O–H groups in total. The minimum Gasteiger partial charge on any atom is -0.357 e. The van der Waals surface area contributed by atoms with Gasteiger partial charge in [-0.3, -0.25) is 4.79 Å². The maximum Gasteiger partial charge on any atom is 0.192 e. The smallest absolute Gasteiger partial charge is 0.192 e. The molecule has 1 heterocycles. The van der Waals surface area contributed by atoms with Gasteiger partial charge in [-0.2, -0.15) is 0 Å². The fourth-order valence-electron chi connectivity index (χ4n) is 2.66. The van der Waals surface area contributed by atoms with E-state index >= 15 is 0 Å². The largest absolute Gasteiger partial charge is 0.357 e. The van der Waals surface area contributed by atoms with E-state index in [1.807, 2.05) is 19.1 Å². The third-order valence-electron chi connectivity index (χ3n) is 3.50. The summed E-state index contributed by atoms with van der Waals surface area (Å²) in [6.45, 7) is 2.02. The minimum atomic E-state index is 0.220. The van der Waals surface area contributed by atoms with Crippen LogP contribution in [0.5, 0.6) is 0 Å². The average molecular weight is 292 g/mol. The van der Waals surface area contributed by atoms with Crippen molar-refractivity contribution in [2.75, 3.05) is 0 Å². The highest BCUT2D eigenvalue weighted by molar-refractivity contribution is 9.10. The second-order valence-corrected chi connectivity index (χ2v) is 5.64. The quantitative estimate of drug-likeness (QED) is 0.792. The van der Waals surface area contributed by atoms with Crippen molar-refractivity contribution in [1.29, 1.82) is 0 Å². The minimum absolute atomic E-state index is 0.220. The molecule has 17 heavy (non-hydrogen) atoms. The number of H-pyrrole nitrogens is 1. The lowest BCUT2D eigenvalue weighted by atomic mass is 9.94. The number of rotatable bonds is 0. The topological polar surface area (TPSA) is 32.9 Å². The summed E-state index contributed by atoms with van der Waals surface area (Å²) < 4.78 is 0.984. The lowest BCUT2D eigenvalue weighted by Gasteiger charge is -2.16. The summed E-state index contributed by atoms with van der Waals surface area (Å²) in [6.07, 6.45) is 4.24. The highest BCUT2D eigenvalue weighted by atomic mass is 79.9. The molecule has 0 bridgehead atoms. The zero-order valence-electron chi connectivity index (χ0n) is 9.77. The van der Waals surface area contributed by atoms with E-state index in [1.165, 1.54) is 6.42 Å². The van der Waals surface area contributed by atoms with E-state index in [-0.39, 0.29) is 5.43 Å². The number of nitrogens with one attached hydrogen (secondary N) is 1. The standard InChI is InChI=1S/C14H14BrNO/c1-8-6-10-13(11(15)7-8)16-12-5-3-2-4-9(12)14(10)17/h6-7H,2-5H2,1H3,(H,16,17). The van der Waals surface area contributed by atoms with E-state index in [4.69, 9.17) is 0 Å². The molecule has 1 aliphatic carbocycles. The summed E-state index contributed by atoms with van der Waals surface area (Å²) in [5.74, 6) is 0. The first kappa shape index (κ1) is 11.0. The molecular formula is C14H14BrNO. The summed E-state index contributed by atoms with van der Waals surface area (Å²) >= 11 is 3.54. The van der Waals surface area contributed by atoms with E-state index in [9.17, 15) is 4.79 Å². The number of aromatic amines is 1. The number of benzene rings is 1. The molecule has 0 radical (unpaired) electrons. The predicted octanol–water partition coefficient (Wildman–Crippen LogP) is 3.48. The second-order valence-electron chi connectivity index (χ2n) is 4.79. The van der Waals surface area contributed by atoms with Gasteiger partial charge in [-0.1, -0.05) is 0 Å². The molecule has 0 saturated heterocycles. The molecule has 0 atom stereocenters. The molecule has 0 unspecified atom stereocenters. The summed E-state index contributed by atoms with van der Waals surface area (Å²) in [6, 6.07) is 4.03. The van der Waals surface area contributed by atoms with Crippen LogP contribution in [0.3, 0.4) is 0 Å². The van der Waals surface area contributed by atoms with Gasteiger partial charge in [-0.15, -0.1) is 0 Å². The Kier molecular flexibility index (Phi) is 2.58. The van der Waals surface area contributed by atoms with Gasteiger partial charge in [0.05, 0.1) is 5.52 Å². The molecule has 0 spiro atoms. The molecule has 1 aromatic carbocycles. The lowest BCUT2D eigenvalue weighted by Crippen LogP contribution is -2.18. The van der Waals surface area contributed by atoms with Crippen molar-refractivity contribution < 1.29 is 0 Å². The molecule has 3 heteroatoms. The van der Waals surface area contributed by atoms with Gasteiger partial charge in [0, 0.05) is 21.1 Å². The Morgan fingerprint density at radius 2 is 2.00 bits per heavy atom. The number of hydrogen-bond donors (Lipinski definition) is 1. The number of pyridine rings is 1. The van der Waals surface area contributed by atoms with E-state index in [0.717, 1.165) is 51.5 Å². The van der Waals surface area contributed by atoms with Gasteiger partial charge in [0.2, 0.25) is 0 Å². The molecule has 3 rings (SSSR count). The highest BCUT2D eigenvalue weighted by Crippen LogP contribution is 2.25. The van der Waals surface area contributed by atoms with Crippen molar-refractivity contribution in [1.82, 2.24) is 4.98 Å². The van der Waals surface area contributed by atoms with Crippen molar-refractivity contribution in [3.8, 4) is 0 Å². The van der Waals surface area contributed by atoms with Crippen molar-refractivity contribution in [2.45, 2.75) is 32.6 Å². The normalized spacial score (nSPS) is 14.9. The SMILES string of the molecule is Cc1cc(Br)c2[nH]c3c(c(=O)c2c1)CCCC3. The van der Waals surface area contributed by atoms with Gasteiger partial charge < -0.3 is 4.98 Å². The number of aryl methyl sites for hydroxylation is 2. The Balaban J connectivity index is 2.44. The van der Waals surface area contributed by atoms with Crippen molar-refractivity contribution in [3.63, 3.8) is 0 Å². The zero-order chi connectivity index (χ0) is 12.0. The molecule has 2 nitrogen and oxygen atoms in total. The summed E-state index contributed by atoms with van der Waals surface area (Å²) in [5, 5.41) is 0.817. The molecule has 0 aliphatic heterocycles. The predicted molar refractivity (Wildman–Crippen MR) is 73.6 cm³/mol. The number of halogens is 1. The van der Waals surface area contributed by atoms with Crippen LogP contribution in [0.25, 0.3) is 10.9 Å².